The van der Waals surface area contributed by atoms with Gasteiger partial charge in [-0.3, -0.25) is 5.32 Å². The van der Waals surface area contributed by atoms with E-state index < -0.39 is 17.7 Å². The van der Waals surface area contributed by atoms with Gasteiger partial charge in [-0.05, 0) is 50.6 Å². The van der Waals surface area contributed by atoms with Crippen molar-refractivity contribution in [1.29, 1.82) is 0 Å². The third kappa shape index (κ3) is 5.57. The van der Waals surface area contributed by atoms with Gasteiger partial charge in [0.25, 0.3) is 0 Å². The number of nitrogens with one attached hydrogen (secondary N) is 1. The number of hydrogen-bond acceptors (Lipinski definition) is 7. The fourth-order valence-corrected chi connectivity index (χ4v) is 3.47. The smallest absolute Gasteiger partial charge is 0.413 e. The van der Waals surface area contributed by atoms with Crippen LogP contribution in [0.4, 0.5) is 10.6 Å². The number of esters is 1. The van der Waals surface area contributed by atoms with Crippen molar-refractivity contribution in [2.24, 2.45) is 0 Å². The van der Waals surface area contributed by atoms with E-state index in [1.807, 2.05) is 36.4 Å². The minimum absolute atomic E-state index is 0.276. The van der Waals surface area contributed by atoms with Gasteiger partial charge in [-0.1, -0.05) is 30.3 Å². The van der Waals surface area contributed by atoms with E-state index in [1.165, 1.54) is 13.3 Å². The van der Waals surface area contributed by atoms with Crippen molar-refractivity contribution >= 4 is 23.4 Å². The molecule has 3 aromatic heterocycles. The number of pyridine rings is 2. The first-order valence-electron chi connectivity index (χ1n) is 11.0. The Kier molecular flexibility index (Phi) is 6.68. The molecule has 1 N–H and O–H groups in total. The Balaban J connectivity index is 1.70. The van der Waals surface area contributed by atoms with E-state index in [1.54, 1.807) is 49.7 Å². The van der Waals surface area contributed by atoms with Crippen molar-refractivity contribution in [2.45, 2.75) is 33.0 Å². The van der Waals surface area contributed by atoms with Crippen LogP contribution in [0.2, 0.25) is 0 Å². The summed E-state index contributed by atoms with van der Waals surface area (Å²) in [5.74, 6) is 0.273. The summed E-state index contributed by atoms with van der Waals surface area (Å²) in [6, 6.07) is 16.8. The number of amides is 1. The van der Waals surface area contributed by atoms with E-state index in [2.05, 4.69) is 15.4 Å². The lowest BCUT2D eigenvalue weighted by Crippen LogP contribution is -2.27. The quantitative estimate of drug-likeness (QED) is 0.387. The number of aromatic nitrogens is 3. The van der Waals surface area contributed by atoms with E-state index in [4.69, 9.17) is 14.2 Å². The fourth-order valence-electron chi connectivity index (χ4n) is 3.47. The van der Waals surface area contributed by atoms with Crippen LogP contribution < -0.4 is 10.1 Å². The maximum absolute atomic E-state index is 12.4. The molecule has 4 aromatic rings. The fraction of sp³-hybridized carbons (Fsp3) is 0.231. The molecule has 0 unspecified atom stereocenters. The molecule has 1 aromatic carbocycles. The van der Waals surface area contributed by atoms with Crippen LogP contribution in [0.3, 0.4) is 0 Å². The van der Waals surface area contributed by atoms with E-state index in [0.29, 0.717) is 34.9 Å². The monoisotopic (exact) mass is 474 g/mol. The number of rotatable bonds is 6. The van der Waals surface area contributed by atoms with Crippen LogP contribution in [0.5, 0.6) is 5.75 Å². The molecule has 9 heteroatoms. The number of anilines is 1. The van der Waals surface area contributed by atoms with Gasteiger partial charge in [0.2, 0.25) is 0 Å². The molecule has 9 nitrogen and oxygen atoms in total. The Morgan fingerprint density at radius 3 is 2.54 bits per heavy atom. The number of hydrogen-bond donors (Lipinski definition) is 1. The zero-order valence-corrected chi connectivity index (χ0v) is 19.9. The normalized spacial score (nSPS) is 11.2. The number of ether oxygens (including phenoxy) is 3. The van der Waals surface area contributed by atoms with Gasteiger partial charge in [0.05, 0.1) is 19.0 Å². The minimum Gasteiger partial charge on any atom is -0.487 e. The molecule has 1 amide bonds. The van der Waals surface area contributed by atoms with Gasteiger partial charge in [0.15, 0.2) is 0 Å². The van der Waals surface area contributed by atoms with Crippen LogP contribution in [0, 0.1) is 0 Å². The average molecular weight is 475 g/mol. The van der Waals surface area contributed by atoms with Gasteiger partial charge >= 0.3 is 12.1 Å². The number of nitrogens with zero attached hydrogens (tertiary/aromatic N) is 3. The summed E-state index contributed by atoms with van der Waals surface area (Å²) in [4.78, 5) is 28.8. The molecule has 0 aliphatic heterocycles. The maximum atomic E-state index is 12.4. The summed E-state index contributed by atoms with van der Waals surface area (Å²) in [5.41, 5.74) is 2.48. The summed E-state index contributed by atoms with van der Waals surface area (Å²) in [6.45, 7) is 5.67. The van der Waals surface area contributed by atoms with Crippen LogP contribution in [-0.4, -0.2) is 39.4 Å². The highest BCUT2D eigenvalue weighted by molar-refractivity contribution is 5.99. The van der Waals surface area contributed by atoms with E-state index >= 15 is 0 Å². The van der Waals surface area contributed by atoms with Crippen LogP contribution in [-0.2, 0) is 16.1 Å². The third-order valence-electron chi connectivity index (χ3n) is 4.95. The zero-order chi connectivity index (χ0) is 25.0. The van der Waals surface area contributed by atoms with Crippen molar-refractivity contribution < 1.29 is 23.8 Å². The molecule has 0 radical (unpaired) electrons. The number of benzene rings is 1. The molecule has 180 valence electrons. The second kappa shape index (κ2) is 9.84. The molecule has 0 spiro atoms. The highest BCUT2D eigenvalue weighted by Gasteiger charge is 2.21. The SMILES string of the molecule is COC(=O)c1cnn2c(-c3ccnc(NC(=O)OC(C)(C)C)c3)ccc(OCc3ccccc3)c12. The van der Waals surface area contributed by atoms with Crippen LogP contribution in [0.15, 0.2) is 67.0 Å². The molecular formula is C26H26N4O5. The first-order chi connectivity index (χ1) is 16.7. The van der Waals surface area contributed by atoms with Crippen molar-refractivity contribution in [3.63, 3.8) is 0 Å². The molecule has 4 rings (SSSR count). The van der Waals surface area contributed by atoms with Gasteiger partial charge in [-0.15, -0.1) is 0 Å². The summed E-state index contributed by atoms with van der Waals surface area (Å²) in [7, 11) is 1.32. The minimum atomic E-state index is -0.636. The second-order valence-electron chi connectivity index (χ2n) is 8.72. The van der Waals surface area contributed by atoms with E-state index in [-0.39, 0.29) is 5.56 Å². The lowest BCUT2D eigenvalue weighted by Gasteiger charge is -2.19. The van der Waals surface area contributed by atoms with Crippen molar-refractivity contribution in [1.82, 2.24) is 14.6 Å². The Morgan fingerprint density at radius 1 is 1.06 bits per heavy atom. The number of carbonyl (C=O) groups is 2. The number of carbonyl (C=O) groups excluding carboxylic acids is 2. The summed E-state index contributed by atoms with van der Waals surface area (Å²) in [6.07, 6.45) is 2.41. The lowest BCUT2D eigenvalue weighted by molar-refractivity contribution is 0.0599. The predicted octanol–water partition coefficient (Wildman–Crippen LogP) is 5.11. The number of fused-ring (bicyclic) bond motifs is 1. The van der Waals surface area contributed by atoms with Crippen molar-refractivity contribution in [3.8, 4) is 17.0 Å². The number of methoxy groups -OCH3 is 1. The molecule has 0 aliphatic rings. The summed E-state index contributed by atoms with van der Waals surface area (Å²) >= 11 is 0. The molecule has 0 fully saturated rings. The molecule has 0 saturated heterocycles. The molecule has 3 heterocycles. The Bertz CT molecular complexity index is 1360. The van der Waals surface area contributed by atoms with Gasteiger partial charge < -0.3 is 14.2 Å². The average Bonchev–Trinajstić information content (AvgIpc) is 3.27. The highest BCUT2D eigenvalue weighted by Crippen LogP contribution is 2.31. The third-order valence-corrected chi connectivity index (χ3v) is 4.95. The Labute approximate surface area is 202 Å². The maximum Gasteiger partial charge on any atom is 0.413 e. The summed E-state index contributed by atoms with van der Waals surface area (Å²) < 4.78 is 17.9. The molecule has 0 bridgehead atoms. The van der Waals surface area contributed by atoms with Crippen LogP contribution in [0.25, 0.3) is 16.8 Å². The van der Waals surface area contributed by atoms with Crippen LogP contribution in [0.1, 0.15) is 36.7 Å². The first kappa shape index (κ1) is 23.7. The van der Waals surface area contributed by atoms with E-state index in [0.717, 1.165) is 5.56 Å². The Morgan fingerprint density at radius 2 is 1.83 bits per heavy atom. The van der Waals surface area contributed by atoms with Crippen molar-refractivity contribution in [3.05, 3.63) is 78.1 Å². The lowest BCUT2D eigenvalue weighted by atomic mass is 10.1. The Hall–Kier alpha value is -4.40. The molecule has 0 saturated carbocycles. The standard InChI is InChI=1S/C26H26N4O5/c1-26(2,3)35-25(32)29-22-14-18(12-13-27-22)20-10-11-21(34-16-17-8-6-5-7-9-17)23-19(24(31)33-4)15-28-30(20)23/h5-15H,16H2,1-4H3,(H,27,29,32). The molecular weight excluding hydrogens is 448 g/mol. The van der Waals surface area contributed by atoms with Gasteiger partial charge in [0, 0.05) is 11.8 Å². The molecule has 35 heavy (non-hydrogen) atoms. The topological polar surface area (TPSA) is 104 Å². The van der Waals surface area contributed by atoms with Crippen LogP contribution >= 0.6 is 0 Å². The van der Waals surface area contributed by atoms with Gasteiger partial charge in [-0.25, -0.2) is 19.1 Å². The van der Waals surface area contributed by atoms with Crippen molar-refractivity contribution in [2.75, 3.05) is 12.4 Å². The molecule has 0 atom stereocenters. The zero-order valence-electron chi connectivity index (χ0n) is 19.9. The summed E-state index contributed by atoms with van der Waals surface area (Å²) in [5, 5.41) is 7.06. The largest absolute Gasteiger partial charge is 0.487 e. The highest BCUT2D eigenvalue weighted by atomic mass is 16.6. The predicted molar refractivity (Wildman–Crippen MR) is 130 cm³/mol. The second-order valence-corrected chi connectivity index (χ2v) is 8.72. The molecule has 0 aliphatic carbocycles. The van der Waals surface area contributed by atoms with Gasteiger partial charge in [0.1, 0.15) is 34.9 Å². The van der Waals surface area contributed by atoms with E-state index in [9.17, 15) is 9.59 Å². The first-order valence-corrected chi connectivity index (χ1v) is 11.0. The van der Waals surface area contributed by atoms with Gasteiger partial charge in [-0.2, -0.15) is 5.10 Å².